The molecule has 0 aromatic carbocycles. The van der Waals surface area contributed by atoms with Gasteiger partial charge >= 0.3 is 5.97 Å². The highest BCUT2D eigenvalue weighted by atomic mass is 16.4. The Morgan fingerprint density at radius 1 is 1.26 bits per heavy atom. The minimum Gasteiger partial charge on any atom is -0.476 e. The third-order valence-electron chi connectivity index (χ3n) is 4.11. The van der Waals surface area contributed by atoms with Crippen molar-refractivity contribution < 1.29 is 14.3 Å². The summed E-state index contributed by atoms with van der Waals surface area (Å²) in [4.78, 5) is 27.8. The lowest BCUT2D eigenvalue weighted by molar-refractivity contribution is 0.0690. The van der Waals surface area contributed by atoms with Crippen LogP contribution in [0.4, 0.5) is 5.82 Å². The molecule has 0 radical (unpaired) electrons. The highest BCUT2D eigenvalue weighted by Gasteiger charge is 2.21. The van der Waals surface area contributed by atoms with Crippen LogP contribution >= 0.6 is 0 Å². The van der Waals surface area contributed by atoms with E-state index in [-0.39, 0.29) is 5.69 Å². The molecular formula is C15H19N5O3. The molecule has 122 valence electrons. The minimum absolute atomic E-state index is 0.0503. The normalized spacial score (nSPS) is 15.8. The first-order valence-corrected chi connectivity index (χ1v) is 7.48. The van der Waals surface area contributed by atoms with Crippen LogP contribution in [0.1, 0.15) is 27.6 Å². The molecule has 1 fully saturated rings. The first-order valence-electron chi connectivity index (χ1n) is 7.48. The van der Waals surface area contributed by atoms with Crippen molar-refractivity contribution in [1.82, 2.24) is 19.9 Å². The standard InChI is InChI=1S/C15H19N5O3/c1-10-11(2)16-9-17-14(10)20-5-3-19(4-6-20)7-13-18-12(8-23-13)15(21)22/h8-9H,3-7H2,1-2H3,(H,21,22). The number of aryl methyl sites for hydroxylation is 1. The van der Waals surface area contributed by atoms with Gasteiger partial charge in [0, 0.05) is 37.4 Å². The lowest BCUT2D eigenvalue weighted by Crippen LogP contribution is -2.46. The summed E-state index contributed by atoms with van der Waals surface area (Å²) in [6.07, 6.45) is 2.78. The summed E-state index contributed by atoms with van der Waals surface area (Å²) in [6.45, 7) is 7.92. The number of rotatable bonds is 4. The number of carboxylic acids is 1. The first kappa shape index (κ1) is 15.4. The van der Waals surface area contributed by atoms with E-state index in [1.54, 1.807) is 6.33 Å². The zero-order valence-electron chi connectivity index (χ0n) is 13.2. The van der Waals surface area contributed by atoms with E-state index in [0.717, 1.165) is 43.3 Å². The summed E-state index contributed by atoms with van der Waals surface area (Å²) in [5.74, 6) is 0.353. The summed E-state index contributed by atoms with van der Waals surface area (Å²) < 4.78 is 5.21. The van der Waals surface area contributed by atoms with E-state index in [1.807, 2.05) is 13.8 Å². The maximum atomic E-state index is 10.8. The Morgan fingerprint density at radius 2 is 2.00 bits per heavy atom. The smallest absolute Gasteiger partial charge is 0.357 e. The van der Waals surface area contributed by atoms with Gasteiger partial charge in [0.2, 0.25) is 5.89 Å². The summed E-state index contributed by atoms with van der Waals surface area (Å²) in [5, 5.41) is 8.86. The second kappa shape index (κ2) is 6.33. The van der Waals surface area contributed by atoms with Crippen LogP contribution in [0.3, 0.4) is 0 Å². The van der Waals surface area contributed by atoms with Crippen LogP contribution in [0.25, 0.3) is 0 Å². The predicted molar refractivity (Wildman–Crippen MR) is 82.5 cm³/mol. The number of nitrogens with zero attached hydrogens (tertiary/aromatic N) is 5. The molecule has 2 aromatic rings. The molecule has 8 nitrogen and oxygen atoms in total. The fourth-order valence-electron chi connectivity index (χ4n) is 2.64. The number of aromatic carboxylic acids is 1. The van der Waals surface area contributed by atoms with Gasteiger partial charge in [-0.2, -0.15) is 0 Å². The average Bonchev–Trinajstić information content (AvgIpc) is 3.00. The molecule has 3 heterocycles. The number of oxazole rings is 1. The lowest BCUT2D eigenvalue weighted by Gasteiger charge is -2.35. The summed E-state index contributed by atoms with van der Waals surface area (Å²) in [6, 6.07) is 0. The topological polar surface area (TPSA) is 95.6 Å². The van der Waals surface area contributed by atoms with Gasteiger partial charge in [-0.15, -0.1) is 0 Å². The molecule has 3 rings (SSSR count). The summed E-state index contributed by atoms with van der Waals surface area (Å²) >= 11 is 0. The van der Waals surface area contributed by atoms with Crippen LogP contribution < -0.4 is 4.90 Å². The Balaban J connectivity index is 1.59. The van der Waals surface area contributed by atoms with Crippen molar-refractivity contribution in [3.63, 3.8) is 0 Å². The highest BCUT2D eigenvalue weighted by Crippen LogP contribution is 2.20. The van der Waals surface area contributed by atoms with E-state index < -0.39 is 5.97 Å². The number of carbonyl (C=O) groups is 1. The fraction of sp³-hybridized carbons (Fsp3) is 0.467. The maximum absolute atomic E-state index is 10.8. The number of piperazine rings is 1. The average molecular weight is 317 g/mol. The molecule has 0 unspecified atom stereocenters. The van der Waals surface area contributed by atoms with E-state index in [4.69, 9.17) is 9.52 Å². The molecular weight excluding hydrogens is 298 g/mol. The molecule has 0 spiro atoms. The number of anilines is 1. The van der Waals surface area contributed by atoms with Crippen LogP contribution in [0.5, 0.6) is 0 Å². The molecule has 23 heavy (non-hydrogen) atoms. The number of hydrogen-bond acceptors (Lipinski definition) is 7. The molecule has 1 saturated heterocycles. The van der Waals surface area contributed by atoms with Crippen LogP contribution in [0.2, 0.25) is 0 Å². The van der Waals surface area contributed by atoms with Gasteiger partial charge in [0.25, 0.3) is 0 Å². The van der Waals surface area contributed by atoms with E-state index in [1.165, 1.54) is 6.26 Å². The van der Waals surface area contributed by atoms with E-state index in [9.17, 15) is 4.79 Å². The molecule has 0 bridgehead atoms. The fourth-order valence-corrected chi connectivity index (χ4v) is 2.64. The second-order valence-electron chi connectivity index (χ2n) is 5.60. The van der Waals surface area contributed by atoms with Gasteiger partial charge in [-0.3, -0.25) is 4.90 Å². The van der Waals surface area contributed by atoms with Crippen LogP contribution in [-0.4, -0.2) is 57.1 Å². The Bertz CT molecular complexity index is 707. The summed E-state index contributed by atoms with van der Waals surface area (Å²) in [7, 11) is 0. The molecule has 2 aromatic heterocycles. The molecule has 1 aliphatic heterocycles. The molecule has 0 amide bonds. The zero-order chi connectivity index (χ0) is 16.4. The Hall–Kier alpha value is -2.48. The highest BCUT2D eigenvalue weighted by molar-refractivity contribution is 5.84. The third kappa shape index (κ3) is 3.31. The number of hydrogen-bond donors (Lipinski definition) is 1. The maximum Gasteiger partial charge on any atom is 0.357 e. The van der Waals surface area contributed by atoms with E-state index in [2.05, 4.69) is 24.8 Å². The van der Waals surface area contributed by atoms with Gasteiger partial charge in [0.15, 0.2) is 5.69 Å². The zero-order valence-corrected chi connectivity index (χ0v) is 13.2. The van der Waals surface area contributed by atoms with Crippen molar-refractivity contribution in [3.8, 4) is 0 Å². The molecule has 0 saturated carbocycles. The molecule has 0 atom stereocenters. The van der Waals surface area contributed by atoms with E-state index >= 15 is 0 Å². The Labute approximate surface area is 133 Å². The third-order valence-corrected chi connectivity index (χ3v) is 4.11. The van der Waals surface area contributed by atoms with Crippen molar-refractivity contribution in [2.24, 2.45) is 0 Å². The van der Waals surface area contributed by atoms with Crippen molar-refractivity contribution in [3.05, 3.63) is 35.4 Å². The Morgan fingerprint density at radius 3 is 2.65 bits per heavy atom. The predicted octanol–water partition coefficient (Wildman–Crippen LogP) is 1.10. The monoisotopic (exact) mass is 317 g/mol. The molecule has 0 aliphatic carbocycles. The van der Waals surface area contributed by atoms with E-state index in [0.29, 0.717) is 12.4 Å². The largest absolute Gasteiger partial charge is 0.476 e. The van der Waals surface area contributed by atoms with Gasteiger partial charge in [0.05, 0.1) is 6.54 Å². The van der Waals surface area contributed by atoms with Gasteiger partial charge < -0.3 is 14.4 Å². The number of carboxylic acid groups (broad SMARTS) is 1. The molecule has 1 aliphatic rings. The lowest BCUT2D eigenvalue weighted by atomic mass is 10.2. The van der Waals surface area contributed by atoms with Gasteiger partial charge in [-0.1, -0.05) is 0 Å². The Kier molecular flexibility index (Phi) is 4.24. The van der Waals surface area contributed by atoms with Crippen molar-refractivity contribution in [2.75, 3.05) is 31.1 Å². The van der Waals surface area contributed by atoms with Crippen molar-refractivity contribution in [2.45, 2.75) is 20.4 Å². The number of aromatic nitrogens is 3. The molecule has 8 heteroatoms. The first-order chi connectivity index (χ1) is 11.0. The SMILES string of the molecule is Cc1ncnc(N2CCN(Cc3nc(C(=O)O)co3)CC2)c1C. The van der Waals surface area contributed by atoms with Crippen molar-refractivity contribution >= 4 is 11.8 Å². The van der Waals surface area contributed by atoms with Gasteiger partial charge in [-0.05, 0) is 13.8 Å². The van der Waals surface area contributed by atoms with Gasteiger partial charge in [0.1, 0.15) is 18.4 Å². The van der Waals surface area contributed by atoms with Crippen molar-refractivity contribution in [1.29, 1.82) is 0 Å². The van der Waals surface area contributed by atoms with Crippen LogP contribution in [0.15, 0.2) is 17.0 Å². The summed E-state index contributed by atoms with van der Waals surface area (Å²) in [5.41, 5.74) is 2.06. The molecule has 1 N–H and O–H groups in total. The second-order valence-corrected chi connectivity index (χ2v) is 5.60. The quantitative estimate of drug-likeness (QED) is 0.895. The van der Waals surface area contributed by atoms with Crippen LogP contribution in [0, 0.1) is 13.8 Å². The van der Waals surface area contributed by atoms with Crippen LogP contribution in [-0.2, 0) is 6.54 Å². The van der Waals surface area contributed by atoms with Gasteiger partial charge in [-0.25, -0.2) is 19.7 Å². The minimum atomic E-state index is -1.07.